The minimum atomic E-state index is -0.512. The van der Waals surface area contributed by atoms with E-state index in [-0.39, 0.29) is 30.5 Å². The van der Waals surface area contributed by atoms with Gasteiger partial charge in [-0.1, -0.05) is 20.8 Å². The molecule has 1 aromatic carbocycles. The lowest BCUT2D eigenvalue weighted by atomic mass is 9.96. The molecule has 0 spiro atoms. The molecular weight excluding hydrogens is 350 g/mol. The Hall–Kier alpha value is -3.23. The van der Waals surface area contributed by atoms with Gasteiger partial charge in [-0.25, -0.2) is 4.68 Å². The fraction of sp³-hybridized carbons (Fsp3) is 0.389. The van der Waals surface area contributed by atoms with E-state index < -0.39 is 10.3 Å². The van der Waals surface area contributed by atoms with E-state index in [0.717, 1.165) is 0 Å². The number of nitro benzene ring substituents is 1. The van der Waals surface area contributed by atoms with Crippen LogP contribution in [0.2, 0.25) is 0 Å². The second kappa shape index (κ2) is 7.98. The molecule has 0 aliphatic carbocycles. The van der Waals surface area contributed by atoms with E-state index in [1.54, 1.807) is 45.9 Å². The van der Waals surface area contributed by atoms with E-state index in [4.69, 9.17) is 0 Å². The van der Waals surface area contributed by atoms with Crippen LogP contribution in [0.5, 0.6) is 0 Å². The average Bonchev–Trinajstić information content (AvgIpc) is 2.94. The van der Waals surface area contributed by atoms with Crippen LogP contribution in [0.15, 0.2) is 30.3 Å². The number of hydrogen-bond donors (Lipinski definition) is 2. The number of hydrogen-bond acceptors (Lipinski definition) is 5. The molecule has 0 atom stereocenters. The molecule has 0 bridgehead atoms. The number of nitrogens with zero attached hydrogens (tertiary/aromatic N) is 3. The number of amides is 2. The van der Waals surface area contributed by atoms with E-state index >= 15 is 0 Å². The molecule has 1 aromatic heterocycles. The van der Waals surface area contributed by atoms with Gasteiger partial charge in [-0.2, -0.15) is 5.10 Å². The first-order valence-corrected chi connectivity index (χ1v) is 8.47. The number of nitro groups is 1. The maximum atomic E-state index is 12.2. The van der Waals surface area contributed by atoms with Crippen molar-refractivity contribution in [2.24, 2.45) is 5.41 Å². The number of carbonyl (C=O) groups excluding carboxylic acids is 2. The minimum Gasteiger partial charge on any atom is -0.355 e. The molecule has 9 nitrogen and oxygen atoms in total. The van der Waals surface area contributed by atoms with E-state index in [1.165, 1.54) is 16.8 Å². The van der Waals surface area contributed by atoms with Crippen molar-refractivity contribution in [1.29, 1.82) is 0 Å². The first-order valence-electron chi connectivity index (χ1n) is 8.47. The normalized spacial score (nSPS) is 11.1. The lowest BCUT2D eigenvalue weighted by molar-refractivity contribution is -0.384. The van der Waals surface area contributed by atoms with Crippen molar-refractivity contribution in [3.05, 3.63) is 46.1 Å². The van der Waals surface area contributed by atoms with Gasteiger partial charge in [0.25, 0.3) is 5.69 Å². The third kappa shape index (κ3) is 5.37. The van der Waals surface area contributed by atoms with Gasteiger partial charge in [-0.15, -0.1) is 0 Å². The number of anilines is 1. The summed E-state index contributed by atoms with van der Waals surface area (Å²) in [7, 11) is 0. The van der Waals surface area contributed by atoms with Crippen LogP contribution >= 0.6 is 0 Å². The minimum absolute atomic E-state index is 0.0252. The van der Waals surface area contributed by atoms with E-state index in [0.29, 0.717) is 17.2 Å². The number of carbonyl (C=O) groups is 2. The first kappa shape index (κ1) is 20.1. The topological polar surface area (TPSA) is 119 Å². The molecule has 0 saturated heterocycles. The molecule has 0 unspecified atom stereocenters. The van der Waals surface area contributed by atoms with Crippen molar-refractivity contribution >= 4 is 23.3 Å². The number of non-ortho nitro benzene ring substituents is 1. The van der Waals surface area contributed by atoms with Gasteiger partial charge in [0.15, 0.2) is 0 Å². The number of aryl methyl sites for hydroxylation is 1. The number of benzene rings is 1. The first-order chi connectivity index (χ1) is 12.6. The highest BCUT2D eigenvalue weighted by Crippen LogP contribution is 2.20. The zero-order chi connectivity index (χ0) is 20.2. The van der Waals surface area contributed by atoms with Crippen LogP contribution in [0.3, 0.4) is 0 Å². The molecule has 0 aliphatic heterocycles. The Morgan fingerprint density at radius 1 is 1.22 bits per heavy atom. The molecule has 2 N–H and O–H groups in total. The number of aromatic nitrogens is 2. The summed E-state index contributed by atoms with van der Waals surface area (Å²) < 4.78 is 1.50. The molecule has 2 amide bonds. The molecule has 144 valence electrons. The van der Waals surface area contributed by atoms with Gasteiger partial charge in [-0.05, 0) is 19.1 Å². The summed E-state index contributed by atoms with van der Waals surface area (Å²) in [5.41, 5.74) is 0.736. The fourth-order valence-corrected chi connectivity index (χ4v) is 2.26. The van der Waals surface area contributed by atoms with Gasteiger partial charge >= 0.3 is 0 Å². The Bertz CT molecular complexity index is 850. The molecule has 0 aliphatic rings. The Morgan fingerprint density at radius 2 is 1.85 bits per heavy atom. The smallest absolute Gasteiger partial charge is 0.269 e. The maximum Gasteiger partial charge on any atom is 0.269 e. The molecule has 2 rings (SSSR count). The highest BCUT2D eigenvalue weighted by molar-refractivity contribution is 5.91. The second-order valence-electron chi connectivity index (χ2n) is 7.16. The number of rotatable bonds is 6. The van der Waals surface area contributed by atoms with E-state index in [9.17, 15) is 19.7 Å². The summed E-state index contributed by atoms with van der Waals surface area (Å²) in [6, 6.07) is 7.57. The van der Waals surface area contributed by atoms with Gasteiger partial charge in [0.05, 0.1) is 16.3 Å². The fourth-order valence-electron chi connectivity index (χ4n) is 2.26. The quantitative estimate of drug-likeness (QED) is 0.596. The summed E-state index contributed by atoms with van der Waals surface area (Å²) in [6.45, 7) is 7.41. The summed E-state index contributed by atoms with van der Waals surface area (Å²) >= 11 is 0. The van der Waals surface area contributed by atoms with E-state index in [1.807, 2.05) is 0 Å². The molecule has 0 fully saturated rings. The molecule has 0 radical (unpaired) electrons. The Balaban J connectivity index is 2.04. The van der Waals surface area contributed by atoms with Crippen LogP contribution in [0.1, 0.15) is 32.9 Å². The summed E-state index contributed by atoms with van der Waals surface area (Å²) in [6.07, 6.45) is 0.117. The predicted octanol–water partition coefficient (Wildman–Crippen LogP) is 2.58. The molecule has 27 heavy (non-hydrogen) atoms. The predicted molar refractivity (Wildman–Crippen MR) is 101 cm³/mol. The number of nitrogens with one attached hydrogen (secondary N) is 2. The second-order valence-corrected chi connectivity index (χ2v) is 7.16. The van der Waals surface area contributed by atoms with Crippen molar-refractivity contribution in [1.82, 2.24) is 15.1 Å². The van der Waals surface area contributed by atoms with Gasteiger partial charge in [0.1, 0.15) is 5.82 Å². The van der Waals surface area contributed by atoms with Crippen LogP contribution in [0.4, 0.5) is 11.5 Å². The summed E-state index contributed by atoms with van der Waals surface area (Å²) in [5.74, 6) is 0.0582. The van der Waals surface area contributed by atoms with Crippen molar-refractivity contribution in [2.45, 2.75) is 34.1 Å². The van der Waals surface area contributed by atoms with Crippen LogP contribution in [0, 0.1) is 22.5 Å². The van der Waals surface area contributed by atoms with Crippen LogP contribution in [-0.2, 0) is 9.59 Å². The zero-order valence-electron chi connectivity index (χ0n) is 15.8. The lowest BCUT2D eigenvalue weighted by Crippen LogP contribution is -2.36. The third-order valence-electron chi connectivity index (χ3n) is 3.72. The van der Waals surface area contributed by atoms with Crippen molar-refractivity contribution in [3.8, 4) is 5.69 Å². The highest BCUT2D eigenvalue weighted by atomic mass is 16.6. The highest BCUT2D eigenvalue weighted by Gasteiger charge is 2.20. The van der Waals surface area contributed by atoms with Crippen molar-refractivity contribution in [3.63, 3.8) is 0 Å². The largest absolute Gasteiger partial charge is 0.355 e. The summed E-state index contributed by atoms with van der Waals surface area (Å²) in [4.78, 5) is 34.3. The van der Waals surface area contributed by atoms with Gasteiger partial charge in [0, 0.05) is 36.6 Å². The van der Waals surface area contributed by atoms with Crippen molar-refractivity contribution in [2.75, 3.05) is 11.9 Å². The van der Waals surface area contributed by atoms with Crippen molar-refractivity contribution < 1.29 is 14.5 Å². The Kier molecular flexibility index (Phi) is 5.94. The molecule has 0 saturated carbocycles. The Morgan fingerprint density at radius 3 is 2.41 bits per heavy atom. The van der Waals surface area contributed by atoms with Gasteiger partial charge in [0.2, 0.25) is 11.8 Å². The maximum absolute atomic E-state index is 12.2. The van der Waals surface area contributed by atoms with Gasteiger partial charge in [-0.3, -0.25) is 19.7 Å². The zero-order valence-corrected chi connectivity index (χ0v) is 15.8. The lowest BCUT2D eigenvalue weighted by Gasteiger charge is -2.17. The molecule has 2 aromatic rings. The third-order valence-corrected chi connectivity index (χ3v) is 3.72. The van der Waals surface area contributed by atoms with Crippen LogP contribution in [0.25, 0.3) is 5.69 Å². The van der Waals surface area contributed by atoms with Gasteiger partial charge < -0.3 is 10.6 Å². The molecule has 1 heterocycles. The Labute approximate surface area is 156 Å². The van der Waals surface area contributed by atoms with Crippen LogP contribution < -0.4 is 10.6 Å². The average molecular weight is 373 g/mol. The summed E-state index contributed by atoms with van der Waals surface area (Å²) in [5, 5.41) is 20.6. The SMILES string of the molecule is Cc1cc(NC(=O)CCNC(=O)C(C)(C)C)n(-c2ccc([N+](=O)[O-])cc2)n1. The molecular formula is C18H23N5O4. The van der Waals surface area contributed by atoms with Crippen LogP contribution in [-0.4, -0.2) is 33.1 Å². The standard InChI is InChI=1S/C18H23N5O4/c1-12-11-15(20-16(24)9-10-19-17(25)18(2,3)4)22(21-12)13-5-7-14(8-6-13)23(26)27/h5-8,11H,9-10H2,1-4H3,(H,19,25)(H,20,24). The molecule has 9 heteroatoms. The monoisotopic (exact) mass is 373 g/mol. The van der Waals surface area contributed by atoms with E-state index in [2.05, 4.69) is 15.7 Å².